The molecule has 1 aromatic heterocycles. The molecule has 0 saturated heterocycles. The van der Waals surface area contributed by atoms with Crippen molar-refractivity contribution in [2.24, 2.45) is 5.92 Å². The van der Waals surface area contributed by atoms with Gasteiger partial charge in [0.2, 0.25) is 0 Å². The molecule has 0 saturated carbocycles. The molecule has 2 aliphatic heterocycles. The first-order valence-corrected chi connectivity index (χ1v) is 10.4. The molecule has 0 spiro atoms. The third-order valence-corrected chi connectivity index (χ3v) is 5.37. The maximum atomic E-state index is 12.9. The van der Waals surface area contributed by atoms with Crippen molar-refractivity contribution in [2.75, 3.05) is 6.54 Å². The van der Waals surface area contributed by atoms with E-state index >= 15 is 0 Å². The van der Waals surface area contributed by atoms with Crippen molar-refractivity contribution in [3.8, 4) is 0 Å². The molecule has 1 atom stereocenters. The van der Waals surface area contributed by atoms with Gasteiger partial charge in [-0.05, 0) is 59.1 Å². The van der Waals surface area contributed by atoms with Crippen LogP contribution in [0.25, 0.3) is 16.7 Å². The zero-order valence-electron chi connectivity index (χ0n) is 18.3. The second-order valence-corrected chi connectivity index (χ2v) is 9.89. The van der Waals surface area contributed by atoms with Crippen molar-refractivity contribution >= 4 is 22.8 Å². The molecule has 1 aromatic carbocycles. The number of imidazole rings is 1. The van der Waals surface area contributed by atoms with E-state index in [1.807, 2.05) is 20.8 Å². The normalized spacial score (nSPS) is 21.7. The number of benzene rings is 1. The first-order chi connectivity index (χ1) is 13.5. The van der Waals surface area contributed by atoms with E-state index in [0.717, 1.165) is 41.1 Å². The van der Waals surface area contributed by atoms with Gasteiger partial charge in [-0.3, -0.25) is 4.90 Å². The Morgan fingerprint density at radius 1 is 1.31 bits per heavy atom. The molecule has 3 heterocycles. The summed E-state index contributed by atoms with van der Waals surface area (Å²) in [6.07, 6.45) is 2.78. The lowest BCUT2D eigenvalue weighted by Crippen LogP contribution is -2.39. The lowest BCUT2D eigenvalue weighted by Gasteiger charge is -2.34. The predicted octanol–water partition coefficient (Wildman–Crippen LogP) is 4.96. The Kier molecular flexibility index (Phi) is 4.73. The van der Waals surface area contributed by atoms with E-state index in [1.54, 1.807) is 4.90 Å². The van der Waals surface area contributed by atoms with E-state index in [-0.39, 0.29) is 11.7 Å². The summed E-state index contributed by atoms with van der Waals surface area (Å²) in [6.45, 7) is 14.0. The van der Waals surface area contributed by atoms with Crippen LogP contribution >= 0.6 is 0 Å². The molecular weight excluding hydrogens is 366 g/mol. The van der Waals surface area contributed by atoms with Gasteiger partial charge < -0.3 is 14.0 Å². The van der Waals surface area contributed by atoms with Crippen molar-refractivity contribution in [1.29, 1.82) is 0 Å². The number of ether oxygens (including phenoxy) is 2. The number of allylic oxidation sites excluding steroid dienone is 1. The summed E-state index contributed by atoms with van der Waals surface area (Å²) < 4.78 is 13.8. The van der Waals surface area contributed by atoms with Gasteiger partial charge >= 0.3 is 6.09 Å². The van der Waals surface area contributed by atoms with Crippen molar-refractivity contribution in [3.63, 3.8) is 0 Å². The molecule has 2 aromatic rings. The summed E-state index contributed by atoms with van der Waals surface area (Å²) in [5, 5.41) is 0. The highest BCUT2D eigenvalue weighted by atomic mass is 16.6. The molecular formula is C23H31N3O3. The molecule has 2 aliphatic rings. The number of nitrogens with zero attached hydrogens (tertiary/aromatic N) is 3. The molecule has 0 radical (unpaired) electrons. The SMILES string of the molecule is C[C@H]1CC=C(c2ccc3c(c2)nc2n3CC(C)(C)OC2)N(C(=O)OC(C)(C)C)C1. The number of hydrogen-bond acceptors (Lipinski definition) is 4. The summed E-state index contributed by atoms with van der Waals surface area (Å²) in [7, 11) is 0. The fourth-order valence-electron chi connectivity index (χ4n) is 3.98. The van der Waals surface area contributed by atoms with E-state index in [0.29, 0.717) is 19.1 Å². The smallest absolute Gasteiger partial charge is 0.414 e. The summed E-state index contributed by atoms with van der Waals surface area (Å²) in [4.78, 5) is 19.4. The predicted molar refractivity (Wildman–Crippen MR) is 113 cm³/mol. The Bertz CT molecular complexity index is 981. The molecule has 0 aliphatic carbocycles. The summed E-state index contributed by atoms with van der Waals surface area (Å²) in [5.74, 6) is 1.35. The third kappa shape index (κ3) is 4.04. The first-order valence-electron chi connectivity index (χ1n) is 10.4. The molecule has 6 nitrogen and oxygen atoms in total. The van der Waals surface area contributed by atoms with Crippen LogP contribution in [0, 0.1) is 5.92 Å². The summed E-state index contributed by atoms with van der Waals surface area (Å²) in [5.41, 5.74) is 3.21. The average molecular weight is 398 g/mol. The Labute approximate surface area is 172 Å². The Morgan fingerprint density at radius 3 is 2.79 bits per heavy atom. The maximum absolute atomic E-state index is 12.9. The molecule has 0 N–H and O–H groups in total. The number of carbonyl (C=O) groups is 1. The molecule has 0 unspecified atom stereocenters. The van der Waals surface area contributed by atoms with Gasteiger partial charge in [-0.15, -0.1) is 0 Å². The van der Waals surface area contributed by atoms with E-state index in [9.17, 15) is 4.79 Å². The van der Waals surface area contributed by atoms with Crippen molar-refractivity contribution in [1.82, 2.24) is 14.5 Å². The molecule has 1 amide bonds. The number of aromatic nitrogens is 2. The zero-order chi connectivity index (χ0) is 21.0. The molecule has 29 heavy (non-hydrogen) atoms. The van der Waals surface area contributed by atoms with Crippen LogP contribution in [0.4, 0.5) is 4.79 Å². The second-order valence-electron chi connectivity index (χ2n) is 9.89. The van der Waals surface area contributed by atoms with E-state index < -0.39 is 5.60 Å². The van der Waals surface area contributed by atoms with Gasteiger partial charge in [0.1, 0.15) is 18.0 Å². The largest absolute Gasteiger partial charge is 0.443 e. The minimum absolute atomic E-state index is 0.200. The van der Waals surface area contributed by atoms with Gasteiger partial charge in [0.25, 0.3) is 0 Å². The summed E-state index contributed by atoms with van der Waals surface area (Å²) in [6, 6.07) is 6.26. The lowest BCUT2D eigenvalue weighted by molar-refractivity contribution is -0.0634. The highest BCUT2D eigenvalue weighted by Gasteiger charge is 2.31. The van der Waals surface area contributed by atoms with Crippen LogP contribution in [0.5, 0.6) is 0 Å². The van der Waals surface area contributed by atoms with Gasteiger partial charge in [0.15, 0.2) is 0 Å². The average Bonchev–Trinajstić information content (AvgIpc) is 2.96. The number of amides is 1. The van der Waals surface area contributed by atoms with E-state index in [1.165, 1.54) is 0 Å². The minimum atomic E-state index is -0.525. The molecule has 0 bridgehead atoms. The lowest BCUT2D eigenvalue weighted by atomic mass is 9.98. The highest BCUT2D eigenvalue weighted by Crippen LogP contribution is 2.33. The fourth-order valence-corrected chi connectivity index (χ4v) is 3.98. The fraction of sp³-hybridized carbons (Fsp3) is 0.565. The molecule has 4 rings (SSSR count). The van der Waals surface area contributed by atoms with Crippen molar-refractivity contribution in [2.45, 2.75) is 72.3 Å². The van der Waals surface area contributed by atoms with Crippen molar-refractivity contribution < 1.29 is 14.3 Å². The minimum Gasteiger partial charge on any atom is -0.443 e. The zero-order valence-corrected chi connectivity index (χ0v) is 18.3. The van der Waals surface area contributed by atoms with Gasteiger partial charge in [-0.1, -0.05) is 19.1 Å². The first kappa shape index (κ1) is 20.0. The van der Waals surface area contributed by atoms with Gasteiger partial charge in [-0.25, -0.2) is 9.78 Å². The quantitative estimate of drug-likeness (QED) is 0.682. The molecule has 156 valence electrons. The standard InChI is InChI=1S/C23H31N3O3/c1-15-7-9-18(25(12-15)21(27)29-22(2,3)4)16-8-10-19-17(11-16)24-20-13-28-23(5,6)14-26(19)20/h8-11,15H,7,12-14H2,1-6H3/t15-/m0/s1. The van der Waals surface area contributed by atoms with Gasteiger partial charge in [-0.2, -0.15) is 0 Å². The third-order valence-electron chi connectivity index (χ3n) is 5.37. The van der Waals surface area contributed by atoms with Crippen molar-refractivity contribution in [3.05, 3.63) is 35.7 Å². The number of hydrogen-bond donors (Lipinski definition) is 0. The molecule has 0 fully saturated rings. The van der Waals surface area contributed by atoms with Crippen LogP contribution in [0.15, 0.2) is 24.3 Å². The van der Waals surface area contributed by atoms with Crippen LogP contribution in [0.1, 0.15) is 59.4 Å². The van der Waals surface area contributed by atoms with Crippen LogP contribution < -0.4 is 0 Å². The van der Waals surface area contributed by atoms with E-state index in [4.69, 9.17) is 14.5 Å². The number of rotatable bonds is 1. The Morgan fingerprint density at radius 2 is 2.07 bits per heavy atom. The van der Waals surface area contributed by atoms with Crippen LogP contribution in [0.2, 0.25) is 0 Å². The Hall–Kier alpha value is -2.34. The van der Waals surface area contributed by atoms with Gasteiger partial charge in [0.05, 0.1) is 28.9 Å². The van der Waals surface area contributed by atoms with E-state index in [2.05, 4.69) is 49.6 Å². The molecule has 6 heteroatoms. The topological polar surface area (TPSA) is 56.6 Å². The van der Waals surface area contributed by atoms with Crippen LogP contribution in [-0.2, 0) is 22.6 Å². The second kappa shape index (κ2) is 6.87. The summed E-state index contributed by atoms with van der Waals surface area (Å²) >= 11 is 0. The highest BCUT2D eigenvalue weighted by molar-refractivity contribution is 5.87. The number of fused-ring (bicyclic) bond motifs is 3. The van der Waals surface area contributed by atoms with Gasteiger partial charge in [0, 0.05) is 12.1 Å². The monoisotopic (exact) mass is 397 g/mol. The van der Waals surface area contributed by atoms with Crippen LogP contribution in [0.3, 0.4) is 0 Å². The van der Waals surface area contributed by atoms with Crippen LogP contribution in [-0.4, -0.2) is 38.3 Å². The number of carbonyl (C=O) groups excluding carboxylic acids is 1. The maximum Gasteiger partial charge on any atom is 0.414 e. The Balaban J connectivity index is 1.70.